The number of rotatable bonds is 1. The molecule has 3 atom stereocenters. The second-order valence-corrected chi connectivity index (χ2v) is 8.50. The van der Waals surface area contributed by atoms with E-state index in [9.17, 15) is 8.42 Å². The molecule has 2 saturated heterocycles. The van der Waals surface area contributed by atoms with Crippen LogP contribution in [0.3, 0.4) is 0 Å². The van der Waals surface area contributed by atoms with Crippen LogP contribution < -0.4 is 0 Å². The summed E-state index contributed by atoms with van der Waals surface area (Å²) in [6, 6.07) is 0. The molecular weight excluding hydrogens is 274 g/mol. The molecule has 1 saturated carbocycles. The van der Waals surface area contributed by atoms with Crippen molar-refractivity contribution in [1.82, 2.24) is 4.90 Å². The molecule has 0 spiro atoms. The topological polar surface area (TPSA) is 46.6 Å². The Morgan fingerprint density at radius 2 is 1.89 bits per heavy atom. The lowest BCUT2D eigenvalue weighted by Crippen LogP contribution is -2.76. The highest BCUT2D eigenvalue weighted by Crippen LogP contribution is 2.53. The van der Waals surface area contributed by atoms with Crippen LogP contribution in [0.15, 0.2) is 0 Å². The maximum atomic E-state index is 12.2. The van der Waals surface area contributed by atoms with Gasteiger partial charge < -0.3 is 4.74 Å². The van der Waals surface area contributed by atoms with Gasteiger partial charge in [-0.15, -0.1) is 11.6 Å². The first kappa shape index (κ1) is 13.2. The van der Waals surface area contributed by atoms with Gasteiger partial charge in [-0.2, -0.15) is 0 Å². The molecule has 3 fully saturated rings. The van der Waals surface area contributed by atoms with Gasteiger partial charge in [-0.05, 0) is 12.8 Å². The molecule has 0 aromatic carbocycles. The molecule has 4 nitrogen and oxygen atoms in total. The van der Waals surface area contributed by atoms with Crippen molar-refractivity contribution in [3.05, 3.63) is 0 Å². The van der Waals surface area contributed by atoms with Gasteiger partial charge in [-0.1, -0.05) is 19.3 Å². The summed E-state index contributed by atoms with van der Waals surface area (Å²) in [5.41, 5.74) is -0.305. The maximum absolute atomic E-state index is 12.2. The summed E-state index contributed by atoms with van der Waals surface area (Å²) in [5.74, 6) is 0. The van der Waals surface area contributed by atoms with Crippen LogP contribution in [0.25, 0.3) is 0 Å². The van der Waals surface area contributed by atoms with Crippen molar-refractivity contribution in [1.29, 1.82) is 0 Å². The Morgan fingerprint density at radius 1 is 1.17 bits per heavy atom. The highest BCUT2D eigenvalue weighted by atomic mass is 35.5. The molecule has 2 aliphatic heterocycles. The zero-order valence-corrected chi connectivity index (χ0v) is 12.0. The van der Waals surface area contributed by atoms with E-state index < -0.39 is 14.5 Å². The lowest BCUT2D eigenvalue weighted by Gasteiger charge is -2.58. The maximum Gasteiger partial charge on any atom is 0.173 e. The Hall–Kier alpha value is 0.160. The van der Waals surface area contributed by atoms with E-state index in [0.29, 0.717) is 13.2 Å². The van der Waals surface area contributed by atoms with E-state index in [1.165, 1.54) is 0 Å². The fourth-order valence-electron chi connectivity index (χ4n) is 3.88. The van der Waals surface area contributed by atoms with Gasteiger partial charge in [0, 0.05) is 13.1 Å². The Bertz CT molecular complexity index is 421. The van der Waals surface area contributed by atoms with Crippen molar-refractivity contribution < 1.29 is 13.2 Å². The predicted octanol–water partition coefficient (Wildman–Crippen LogP) is 1.38. The lowest BCUT2D eigenvalue weighted by molar-refractivity contribution is -0.0303. The van der Waals surface area contributed by atoms with Crippen LogP contribution in [0.2, 0.25) is 0 Å². The van der Waals surface area contributed by atoms with Gasteiger partial charge in [-0.3, -0.25) is 4.90 Å². The highest BCUT2D eigenvalue weighted by molar-refractivity contribution is 7.95. The third kappa shape index (κ3) is 1.67. The Balaban J connectivity index is 1.94. The van der Waals surface area contributed by atoms with E-state index in [1.807, 2.05) is 0 Å². The summed E-state index contributed by atoms with van der Waals surface area (Å²) in [4.78, 5) is 2.30. The number of sulfone groups is 1. The lowest BCUT2D eigenvalue weighted by atomic mass is 9.87. The molecule has 0 unspecified atom stereocenters. The molecule has 1 aliphatic carbocycles. The standard InChI is InChI=1S/C12H20ClNO3S/c13-11-12(14-6-8-17-9-7-14)5-3-1-2-4-10(12)18(11,15)16/h10-11H,1-9H2/t10-,11-,12-/m1/s1. The van der Waals surface area contributed by atoms with Gasteiger partial charge in [0.1, 0.15) is 0 Å². The van der Waals surface area contributed by atoms with E-state index in [0.717, 1.165) is 45.2 Å². The van der Waals surface area contributed by atoms with Gasteiger partial charge >= 0.3 is 0 Å². The minimum absolute atomic E-state index is 0.243. The summed E-state index contributed by atoms with van der Waals surface area (Å²) in [7, 11) is -3.11. The normalized spacial score (nSPS) is 44.7. The number of hydrogen-bond acceptors (Lipinski definition) is 4. The minimum atomic E-state index is -3.11. The van der Waals surface area contributed by atoms with Gasteiger partial charge in [-0.25, -0.2) is 8.42 Å². The number of fused-ring (bicyclic) bond motifs is 1. The smallest absolute Gasteiger partial charge is 0.173 e. The van der Waals surface area contributed by atoms with Crippen LogP contribution in [0.5, 0.6) is 0 Å². The number of halogens is 1. The first-order chi connectivity index (χ1) is 8.60. The second kappa shape index (κ2) is 4.62. The first-order valence-corrected chi connectivity index (χ1v) is 8.84. The molecule has 0 radical (unpaired) electrons. The van der Waals surface area contributed by atoms with E-state index in [1.54, 1.807) is 0 Å². The van der Waals surface area contributed by atoms with Crippen LogP contribution >= 0.6 is 11.6 Å². The average Bonchev–Trinajstić information content (AvgIpc) is 2.61. The molecule has 0 bridgehead atoms. The number of morpholine rings is 1. The van der Waals surface area contributed by atoms with Crippen molar-refractivity contribution in [2.45, 2.75) is 47.6 Å². The van der Waals surface area contributed by atoms with Crippen molar-refractivity contribution in [3.8, 4) is 0 Å². The van der Waals surface area contributed by atoms with Crippen LogP contribution in [0.1, 0.15) is 32.1 Å². The third-order valence-corrected chi connectivity index (χ3v) is 8.32. The largest absolute Gasteiger partial charge is 0.379 e. The zero-order chi connectivity index (χ0) is 12.8. The minimum Gasteiger partial charge on any atom is -0.379 e. The van der Waals surface area contributed by atoms with Crippen LogP contribution in [-0.2, 0) is 14.6 Å². The van der Waals surface area contributed by atoms with E-state index in [4.69, 9.17) is 16.3 Å². The summed E-state index contributed by atoms with van der Waals surface area (Å²) in [6.07, 6.45) is 4.93. The second-order valence-electron chi connectivity index (χ2n) is 5.58. The third-order valence-electron chi connectivity index (χ3n) is 4.78. The molecule has 0 aromatic rings. The van der Waals surface area contributed by atoms with Crippen molar-refractivity contribution >= 4 is 21.4 Å². The molecule has 18 heavy (non-hydrogen) atoms. The SMILES string of the molecule is O=S1(=O)[C@@H]2CCCCC[C@]2(N2CCOCC2)[C@@H]1Cl. The number of hydrogen-bond donors (Lipinski definition) is 0. The van der Waals surface area contributed by atoms with Gasteiger partial charge in [0.25, 0.3) is 0 Å². The molecule has 2 heterocycles. The van der Waals surface area contributed by atoms with Gasteiger partial charge in [0.05, 0.1) is 24.0 Å². The quantitative estimate of drug-likeness (QED) is 0.685. The van der Waals surface area contributed by atoms with Crippen molar-refractivity contribution in [2.75, 3.05) is 26.3 Å². The molecular formula is C12H20ClNO3S. The molecule has 0 amide bonds. The van der Waals surface area contributed by atoms with E-state index in [2.05, 4.69) is 4.90 Å². The molecule has 0 aromatic heterocycles. The van der Waals surface area contributed by atoms with E-state index in [-0.39, 0.29) is 10.8 Å². The molecule has 3 rings (SSSR count). The molecule has 6 heteroatoms. The fraction of sp³-hybridized carbons (Fsp3) is 1.00. The molecule has 3 aliphatic rings. The number of ether oxygens (including phenoxy) is 1. The molecule has 0 N–H and O–H groups in total. The monoisotopic (exact) mass is 293 g/mol. The van der Waals surface area contributed by atoms with Crippen LogP contribution in [0, 0.1) is 0 Å². The van der Waals surface area contributed by atoms with Gasteiger partial charge in [0.2, 0.25) is 0 Å². The van der Waals surface area contributed by atoms with Crippen molar-refractivity contribution in [2.24, 2.45) is 0 Å². The number of nitrogens with zero attached hydrogens (tertiary/aromatic N) is 1. The summed E-state index contributed by atoms with van der Waals surface area (Å²) in [6.45, 7) is 3.01. The first-order valence-electron chi connectivity index (χ1n) is 6.80. The van der Waals surface area contributed by atoms with Crippen molar-refractivity contribution in [3.63, 3.8) is 0 Å². The van der Waals surface area contributed by atoms with E-state index >= 15 is 0 Å². The Morgan fingerprint density at radius 3 is 2.61 bits per heavy atom. The zero-order valence-electron chi connectivity index (χ0n) is 10.5. The predicted molar refractivity (Wildman–Crippen MR) is 70.6 cm³/mol. The average molecular weight is 294 g/mol. The highest BCUT2D eigenvalue weighted by Gasteiger charge is 2.68. The summed E-state index contributed by atoms with van der Waals surface area (Å²) in [5, 5.41) is -0.243. The number of alkyl halides is 1. The summed E-state index contributed by atoms with van der Waals surface area (Å²) >= 11 is 6.31. The molecule has 104 valence electrons. The van der Waals surface area contributed by atoms with Gasteiger partial charge in [0.15, 0.2) is 14.5 Å². The Labute approximate surface area is 114 Å². The van der Waals surface area contributed by atoms with Crippen LogP contribution in [-0.4, -0.2) is 55.1 Å². The summed E-state index contributed by atoms with van der Waals surface area (Å²) < 4.78 is 29.1. The van der Waals surface area contributed by atoms with Crippen LogP contribution in [0.4, 0.5) is 0 Å². The fourth-order valence-corrected chi connectivity index (χ4v) is 7.25. The Kier molecular flexibility index (Phi) is 3.37.